The van der Waals surface area contributed by atoms with Crippen LogP contribution in [0.15, 0.2) is 6.07 Å². The molecule has 0 bridgehead atoms. The van der Waals surface area contributed by atoms with E-state index in [0.717, 1.165) is 0 Å². The van der Waals surface area contributed by atoms with E-state index >= 15 is 0 Å². The minimum Gasteiger partial charge on any atom is -0.504 e. The second-order valence-electron chi connectivity index (χ2n) is 2.68. The summed E-state index contributed by atoms with van der Waals surface area (Å²) in [5.41, 5.74) is 3.40. The van der Waals surface area contributed by atoms with Crippen molar-refractivity contribution in [1.82, 2.24) is 0 Å². The molecule has 0 aliphatic carbocycles. The van der Waals surface area contributed by atoms with E-state index in [2.05, 4.69) is 0 Å². The topological polar surface area (TPSA) is 141 Å². The minimum absolute atomic E-state index is 0.588. The standard InChI is InChI=1S/C8H7NO6/c9-7(13)2-1-3(10)5(11)6(12)4(2)8(14)15/h1,10-12H,(H2,9,13)(H,14,15). The van der Waals surface area contributed by atoms with Gasteiger partial charge in [-0.15, -0.1) is 0 Å². The maximum atomic E-state index is 10.8. The molecule has 0 spiro atoms. The summed E-state index contributed by atoms with van der Waals surface area (Å²) in [7, 11) is 0. The lowest BCUT2D eigenvalue weighted by Crippen LogP contribution is -2.16. The Morgan fingerprint density at radius 3 is 2.07 bits per heavy atom. The number of phenolic OH excluding ortho intramolecular Hbond substituents is 2. The Balaban J connectivity index is 3.65. The van der Waals surface area contributed by atoms with Gasteiger partial charge in [-0.2, -0.15) is 0 Å². The van der Waals surface area contributed by atoms with Gasteiger partial charge in [-0.1, -0.05) is 0 Å². The molecule has 0 aliphatic rings. The van der Waals surface area contributed by atoms with Crippen molar-refractivity contribution in [3.8, 4) is 17.2 Å². The van der Waals surface area contributed by atoms with Crippen LogP contribution in [0.25, 0.3) is 0 Å². The zero-order valence-electron chi connectivity index (χ0n) is 7.26. The van der Waals surface area contributed by atoms with E-state index in [9.17, 15) is 14.7 Å². The Hall–Kier alpha value is -2.44. The molecule has 15 heavy (non-hydrogen) atoms. The molecule has 1 aromatic rings. The predicted octanol–water partition coefficient (Wildman–Crippen LogP) is -0.400. The fourth-order valence-electron chi connectivity index (χ4n) is 1.06. The van der Waals surface area contributed by atoms with E-state index in [4.69, 9.17) is 21.1 Å². The van der Waals surface area contributed by atoms with E-state index in [0.29, 0.717) is 6.07 Å². The van der Waals surface area contributed by atoms with Crippen molar-refractivity contribution < 1.29 is 30.0 Å². The predicted molar refractivity (Wildman–Crippen MR) is 46.9 cm³/mol. The summed E-state index contributed by atoms with van der Waals surface area (Å²) >= 11 is 0. The number of aromatic hydroxyl groups is 3. The van der Waals surface area contributed by atoms with Crippen LogP contribution in [0.2, 0.25) is 0 Å². The molecule has 0 aliphatic heterocycles. The van der Waals surface area contributed by atoms with Gasteiger partial charge in [-0.3, -0.25) is 4.79 Å². The summed E-state index contributed by atoms with van der Waals surface area (Å²) in [5, 5.41) is 35.9. The number of benzene rings is 1. The normalized spacial score (nSPS) is 9.87. The zero-order valence-corrected chi connectivity index (χ0v) is 7.26. The SMILES string of the molecule is NC(=O)c1cc(O)c(O)c(O)c1C(=O)O. The van der Waals surface area contributed by atoms with Crippen LogP contribution in [0.5, 0.6) is 17.2 Å². The van der Waals surface area contributed by atoms with Gasteiger partial charge < -0.3 is 26.2 Å². The number of primary amides is 1. The number of carboxylic acid groups (broad SMARTS) is 1. The maximum absolute atomic E-state index is 10.8. The van der Waals surface area contributed by atoms with Crippen molar-refractivity contribution in [2.75, 3.05) is 0 Å². The van der Waals surface area contributed by atoms with E-state index < -0.39 is 40.3 Å². The molecule has 7 heteroatoms. The molecule has 1 aromatic carbocycles. The third kappa shape index (κ3) is 1.62. The van der Waals surface area contributed by atoms with Gasteiger partial charge in [0.1, 0.15) is 5.56 Å². The van der Waals surface area contributed by atoms with Crippen LogP contribution in [0, 0.1) is 0 Å². The van der Waals surface area contributed by atoms with Crippen LogP contribution in [-0.2, 0) is 0 Å². The first-order valence-corrected chi connectivity index (χ1v) is 3.67. The van der Waals surface area contributed by atoms with Crippen molar-refractivity contribution in [1.29, 1.82) is 0 Å². The number of aromatic carboxylic acids is 1. The smallest absolute Gasteiger partial charge is 0.340 e. The van der Waals surface area contributed by atoms with E-state index in [1.165, 1.54) is 0 Å². The summed E-state index contributed by atoms with van der Waals surface area (Å²) in [6, 6.07) is 0.668. The van der Waals surface area contributed by atoms with Crippen molar-refractivity contribution in [2.24, 2.45) is 5.73 Å². The fourth-order valence-corrected chi connectivity index (χ4v) is 1.06. The average molecular weight is 213 g/mol. The lowest BCUT2D eigenvalue weighted by atomic mass is 10.0. The van der Waals surface area contributed by atoms with Gasteiger partial charge in [0.05, 0.1) is 5.56 Å². The number of carboxylic acids is 1. The van der Waals surface area contributed by atoms with Crippen LogP contribution >= 0.6 is 0 Å². The molecule has 1 amide bonds. The largest absolute Gasteiger partial charge is 0.504 e. The molecule has 6 N–H and O–H groups in total. The third-order valence-corrected chi connectivity index (χ3v) is 1.73. The Bertz CT molecular complexity index is 453. The summed E-state index contributed by atoms with van der Waals surface area (Å²) in [5.74, 6) is -5.73. The Morgan fingerprint density at radius 1 is 1.13 bits per heavy atom. The van der Waals surface area contributed by atoms with Crippen LogP contribution in [-0.4, -0.2) is 32.3 Å². The molecule has 0 heterocycles. The highest BCUT2D eigenvalue weighted by atomic mass is 16.4. The first-order valence-electron chi connectivity index (χ1n) is 3.67. The number of carbonyl (C=O) groups excluding carboxylic acids is 1. The number of nitrogens with two attached hydrogens (primary N) is 1. The van der Waals surface area contributed by atoms with Crippen LogP contribution in [0.4, 0.5) is 0 Å². The highest BCUT2D eigenvalue weighted by Gasteiger charge is 2.24. The molecule has 0 unspecified atom stereocenters. The quantitative estimate of drug-likeness (QED) is 0.423. The van der Waals surface area contributed by atoms with E-state index in [1.807, 2.05) is 0 Å². The first kappa shape index (κ1) is 10.6. The van der Waals surface area contributed by atoms with Gasteiger partial charge in [-0.05, 0) is 6.07 Å². The second-order valence-corrected chi connectivity index (χ2v) is 2.68. The van der Waals surface area contributed by atoms with Gasteiger partial charge in [0.25, 0.3) is 0 Å². The molecular weight excluding hydrogens is 206 g/mol. The summed E-state index contributed by atoms with van der Waals surface area (Å²) in [6.45, 7) is 0. The van der Waals surface area contributed by atoms with Gasteiger partial charge in [0.15, 0.2) is 11.5 Å². The number of hydrogen-bond acceptors (Lipinski definition) is 5. The molecule has 0 radical (unpaired) electrons. The Labute approximate surface area is 83.0 Å². The molecular formula is C8H7NO6. The Kier molecular flexibility index (Phi) is 2.39. The zero-order chi connectivity index (χ0) is 11.7. The van der Waals surface area contributed by atoms with Gasteiger partial charge in [0, 0.05) is 0 Å². The summed E-state index contributed by atoms with van der Waals surface area (Å²) < 4.78 is 0. The number of hydrogen-bond donors (Lipinski definition) is 5. The Morgan fingerprint density at radius 2 is 1.67 bits per heavy atom. The first-order chi connectivity index (χ1) is 6.86. The highest BCUT2D eigenvalue weighted by Crippen LogP contribution is 2.39. The molecule has 0 saturated heterocycles. The second kappa shape index (κ2) is 3.37. The molecule has 0 aromatic heterocycles. The molecule has 0 saturated carbocycles. The highest BCUT2D eigenvalue weighted by molar-refractivity contribution is 6.07. The van der Waals surface area contributed by atoms with Crippen LogP contribution in [0.3, 0.4) is 0 Å². The number of rotatable bonds is 2. The molecule has 0 fully saturated rings. The average Bonchev–Trinajstić information content (AvgIpc) is 2.12. The van der Waals surface area contributed by atoms with Crippen molar-refractivity contribution in [2.45, 2.75) is 0 Å². The number of carbonyl (C=O) groups is 2. The minimum atomic E-state index is -1.64. The third-order valence-electron chi connectivity index (χ3n) is 1.73. The van der Waals surface area contributed by atoms with E-state index in [1.54, 1.807) is 0 Å². The number of phenols is 3. The monoisotopic (exact) mass is 213 g/mol. The van der Waals surface area contributed by atoms with Crippen molar-refractivity contribution in [3.05, 3.63) is 17.2 Å². The number of amides is 1. The maximum Gasteiger partial charge on any atom is 0.340 e. The van der Waals surface area contributed by atoms with Crippen molar-refractivity contribution >= 4 is 11.9 Å². The lowest BCUT2D eigenvalue weighted by Gasteiger charge is -2.07. The van der Waals surface area contributed by atoms with Gasteiger partial charge in [0.2, 0.25) is 11.7 Å². The molecule has 0 atom stereocenters. The molecule has 1 rings (SSSR count). The van der Waals surface area contributed by atoms with Crippen molar-refractivity contribution in [3.63, 3.8) is 0 Å². The van der Waals surface area contributed by atoms with Crippen LogP contribution in [0.1, 0.15) is 20.7 Å². The van der Waals surface area contributed by atoms with Crippen LogP contribution < -0.4 is 5.73 Å². The summed E-state index contributed by atoms with van der Waals surface area (Å²) in [6.07, 6.45) is 0. The fraction of sp³-hybridized carbons (Fsp3) is 0. The van der Waals surface area contributed by atoms with Gasteiger partial charge >= 0.3 is 5.97 Å². The lowest BCUT2D eigenvalue weighted by molar-refractivity contribution is 0.0687. The molecule has 80 valence electrons. The van der Waals surface area contributed by atoms with Gasteiger partial charge in [-0.25, -0.2) is 4.79 Å². The van der Waals surface area contributed by atoms with E-state index in [-0.39, 0.29) is 0 Å². The summed E-state index contributed by atoms with van der Waals surface area (Å²) in [4.78, 5) is 21.4. The molecule has 7 nitrogen and oxygen atoms in total.